The van der Waals surface area contributed by atoms with Crippen molar-refractivity contribution in [2.75, 3.05) is 13.2 Å². The number of carbonyl (C=O) groups excluding carboxylic acids is 2. The lowest BCUT2D eigenvalue weighted by Gasteiger charge is -2.24. The topological polar surface area (TPSA) is 78.4 Å². The van der Waals surface area contributed by atoms with Crippen LogP contribution in [0.2, 0.25) is 0 Å². The SMILES string of the molecule is O=C(CNC(=O)C1CCCC1)NC1CCCCCC1CO. The summed E-state index contributed by atoms with van der Waals surface area (Å²) in [5.41, 5.74) is 0. The normalized spacial score (nSPS) is 27.1. The molecule has 0 heterocycles. The van der Waals surface area contributed by atoms with E-state index in [4.69, 9.17) is 0 Å². The lowest BCUT2D eigenvalue weighted by Crippen LogP contribution is -2.46. The summed E-state index contributed by atoms with van der Waals surface area (Å²) in [6, 6.07) is 0.0494. The van der Waals surface area contributed by atoms with Crippen molar-refractivity contribution in [2.24, 2.45) is 11.8 Å². The Balaban J connectivity index is 1.73. The van der Waals surface area contributed by atoms with Gasteiger partial charge in [0.25, 0.3) is 0 Å². The van der Waals surface area contributed by atoms with Crippen molar-refractivity contribution in [1.29, 1.82) is 0 Å². The van der Waals surface area contributed by atoms with Crippen molar-refractivity contribution in [3.8, 4) is 0 Å². The van der Waals surface area contributed by atoms with E-state index in [9.17, 15) is 14.7 Å². The van der Waals surface area contributed by atoms with E-state index in [1.54, 1.807) is 0 Å². The second-order valence-electron chi connectivity index (χ2n) is 6.45. The zero-order valence-electron chi connectivity index (χ0n) is 12.8. The lowest BCUT2D eigenvalue weighted by atomic mass is 9.95. The van der Waals surface area contributed by atoms with Crippen LogP contribution in [0, 0.1) is 11.8 Å². The predicted molar refractivity (Wildman–Crippen MR) is 80.6 cm³/mol. The number of aliphatic hydroxyl groups excluding tert-OH is 1. The third-order valence-electron chi connectivity index (χ3n) is 4.89. The van der Waals surface area contributed by atoms with Crippen LogP contribution in [0.1, 0.15) is 57.8 Å². The molecule has 0 bridgehead atoms. The Bertz CT molecular complexity index is 353. The fraction of sp³-hybridized carbons (Fsp3) is 0.875. The highest BCUT2D eigenvalue weighted by atomic mass is 16.3. The van der Waals surface area contributed by atoms with Gasteiger partial charge in [0.2, 0.25) is 11.8 Å². The van der Waals surface area contributed by atoms with Crippen LogP contribution in [-0.2, 0) is 9.59 Å². The number of carbonyl (C=O) groups is 2. The second kappa shape index (κ2) is 8.37. The Labute approximate surface area is 126 Å². The molecule has 0 spiro atoms. The van der Waals surface area contributed by atoms with Gasteiger partial charge in [0.1, 0.15) is 0 Å². The number of rotatable bonds is 5. The molecule has 0 saturated heterocycles. The summed E-state index contributed by atoms with van der Waals surface area (Å²) < 4.78 is 0. The average Bonchev–Trinajstić information content (AvgIpc) is 2.93. The molecule has 0 aromatic heterocycles. The average molecular weight is 296 g/mol. The Morgan fingerprint density at radius 3 is 2.33 bits per heavy atom. The van der Waals surface area contributed by atoms with E-state index < -0.39 is 0 Å². The maximum Gasteiger partial charge on any atom is 0.239 e. The van der Waals surface area contributed by atoms with Gasteiger partial charge >= 0.3 is 0 Å². The van der Waals surface area contributed by atoms with Crippen molar-refractivity contribution in [3.63, 3.8) is 0 Å². The van der Waals surface area contributed by atoms with E-state index in [1.807, 2.05) is 0 Å². The quantitative estimate of drug-likeness (QED) is 0.670. The van der Waals surface area contributed by atoms with Gasteiger partial charge in [-0.2, -0.15) is 0 Å². The molecule has 2 amide bonds. The molecule has 2 unspecified atom stereocenters. The maximum atomic E-state index is 12.0. The van der Waals surface area contributed by atoms with Crippen LogP contribution in [0.5, 0.6) is 0 Å². The third kappa shape index (κ3) is 4.99. The second-order valence-corrected chi connectivity index (χ2v) is 6.45. The minimum Gasteiger partial charge on any atom is -0.396 e. The van der Waals surface area contributed by atoms with Crippen molar-refractivity contribution in [1.82, 2.24) is 10.6 Å². The number of amides is 2. The molecule has 21 heavy (non-hydrogen) atoms. The van der Waals surface area contributed by atoms with Crippen molar-refractivity contribution in [2.45, 2.75) is 63.8 Å². The highest BCUT2D eigenvalue weighted by Crippen LogP contribution is 2.25. The fourth-order valence-electron chi connectivity index (χ4n) is 3.55. The molecule has 2 atom stereocenters. The van der Waals surface area contributed by atoms with Gasteiger partial charge in [0, 0.05) is 24.5 Å². The van der Waals surface area contributed by atoms with Gasteiger partial charge < -0.3 is 15.7 Å². The Morgan fingerprint density at radius 2 is 1.62 bits per heavy atom. The van der Waals surface area contributed by atoms with Crippen LogP contribution in [0.4, 0.5) is 0 Å². The molecule has 2 rings (SSSR count). The van der Waals surface area contributed by atoms with Crippen LogP contribution in [0.25, 0.3) is 0 Å². The van der Waals surface area contributed by atoms with Crippen LogP contribution >= 0.6 is 0 Å². The predicted octanol–water partition coefficient (Wildman–Crippen LogP) is 1.35. The minimum absolute atomic E-state index is 0.0159. The minimum atomic E-state index is -0.133. The van der Waals surface area contributed by atoms with E-state index in [1.165, 1.54) is 6.42 Å². The van der Waals surface area contributed by atoms with E-state index in [2.05, 4.69) is 10.6 Å². The molecule has 5 heteroatoms. The molecule has 0 aromatic carbocycles. The molecular formula is C16H28N2O3. The van der Waals surface area contributed by atoms with Crippen LogP contribution in [-0.4, -0.2) is 36.1 Å². The summed E-state index contributed by atoms with van der Waals surface area (Å²) in [5.74, 6) is 0.136. The number of nitrogens with one attached hydrogen (secondary N) is 2. The zero-order chi connectivity index (χ0) is 15.1. The summed E-state index contributed by atoms with van der Waals surface area (Å²) in [7, 11) is 0. The summed E-state index contributed by atoms with van der Waals surface area (Å²) >= 11 is 0. The molecule has 0 aromatic rings. The molecule has 2 aliphatic rings. The van der Waals surface area contributed by atoms with Crippen molar-refractivity contribution < 1.29 is 14.7 Å². The van der Waals surface area contributed by atoms with Gasteiger partial charge in [-0.25, -0.2) is 0 Å². The van der Waals surface area contributed by atoms with E-state index in [-0.39, 0.29) is 42.8 Å². The maximum absolute atomic E-state index is 12.0. The molecule has 0 radical (unpaired) electrons. The smallest absolute Gasteiger partial charge is 0.239 e. The molecule has 3 N–H and O–H groups in total. The zero-order valence-corrected chi connectivity index (χ0v) is 12.8. The van der Waals surface area contributed by atoms with E-state index in [0.717, 1.165) is 51.4 Å². The first-order chi connectivity index (χ1) is 10.2. The molecule has 2 aliphatic carbocycles. The summed E-state index contributed by atoms with van der Waals surface area (Å²) in [6.07, 6.45) is 9.40. The fourth-order valence-corrected chi connectivity index (χ4v) is 3.55. The summed E-state index contributed by atoms with van der Waals surface area (Å²) in [4.78, 5) is 23.9. The summed E-state index contributed by atoms with van der Waals surface area (Å²) in [5, 5.41) is 15.2. The van der Waals surface area contributed by atoms with E-state index in [0.29, 0.717) is 0 Å². The van der Waals surface area contributed by atoms with Gasteiger partial charge in [-0.1, -0.05) is 32.1 Å². The first-order valence-corrected chi connectivity index (χ1v) is 8.38. The molecule has 5 nitrogen and oxygen atoms in total. The molecule has 2 saturated carbocycles. The number of aliphatic hydroxyl groups is 1. The number of hydrogen-bond donors (Lipinski definition) is 3. The van der Waals surface area contributed by atoms with Crippen molar-refractivity contribution >= 4 is 11.8 Å². The van der Waals surface area contributed by atoms with Crippen molar-refractivity contribution in [3.05, 3.63) is 0 Å². The van der Waals surface area contributed by atoms with E-state index >= 15 is 0 Å². The van der Waals surface area contributed by atoms with Crippen LogP contribution < -0.4 is 10.6 Å². The highest BCUT2D eigenvalue weighted by molar-refractivity contribution is 5.86. The Kier molecular flexibility index (Phi) is 6.49. The molecule has 2 fully saturated rings. The molecule has 120 valence electrons. The van der Waals surface area contributed by atoms with Crippen LogP contribution in [0.3, 0.4) is 0 Å². The Hall–Kier alpha value is -1.10. The Morgan fingerprint density at radius 1 is 0.952 bits per heavy atom. The van der Waals surface area contributed by atoms with Gasteiger partial charge in [-0.15, -0.1) is 0 Å². The monoisotopic (exact) mass is 296 g/mol. The van der Waals surface area contributed by atoms with Gasteiger partial charge in [-0.3, -0.25) is 9.59 Å². The summed E-state index contributed by atoms with van der Waals surface area (Å²) in [6.45, 7) is 0.184. The first-order valence-electron chi connectivity index (χ1n) is 8.38. The highest BCUT2D eigenvalue weighted by Gasteiger charge is 2.26. The first kappa shape index (κ1) is 16.3. The largest absolute Gasteiger partial charge is 0.396 e. The lowest BCUT2D eigenvalue weighted by molar-refractivity contribution is -0.128. The standard InChI is InChI=1S/C16H28N2O3/c19-11-13-8-2-1-3-9-14(13)18-15(20)10-17-16(21)12-6-4-5-7-12/h12-14,19H,1-11H2,(H,17,21)(H,18,20). The molecule has 0 aliphatic heterocycles. The van der Waals surface area contributed by atoms with Gasteiger partial charge in [0.05, 0.1) is 6.54 Å². The molecular weight excluding hydrogens is 268 g/mol. The third-order valence-corrected chi connectivity index (χ3v) is 4.89. The van der Waals surface area contributed by atoms with Crippen LogP contribution in [0.15, 0.2) is 0 Å². The van der Waals surface area contributed by atoms with Gasteiger partial charge in [0.15, 0.2) is 0 Å². The number of hydrogen-bond acceptors (Lipinski definition) is 3. The van der Waals surface area contributed by atoms with Gasteiger partial charge in [-0.05, 0) is 25.7 Å².